The predicted molar refractivity (Wildman–Crippen MR) is 91.3 cm³/mol. The lowest BCUT2D eigenvalue weighted by Gasteiger charge is -2.34. The van der Waals surface area contributed by atoms with Crippen molar-refractivity contribution in [2.45, 2.75) is 51.0 Å². The van der Waals surface area contributed by atoms with Gasteiger partial charge < -0.3 is 10.1 Å². The lowest BCUT2D eigenvalue weighted by atomic mass is 9.77. The van der Waals surface area contributed by atoms with Gasteiger partial charge in [-0.1, -0.05) is 6.92 Å². The standard InChI is InChI=1S/C18H28N4O3/c1-14-3-6-18(7-4-14)16(23)22(17(24)20-18)13-21(9-2-8-19)11-15-5-10-25-12-15/h14-15H,2-7,9-13H2,1H3,(H,20,24). The summed E-state index contributed by atoms with van der Waals surface area (Å²) >= 11 is 0. The third-order valence-corrected chi connectivity index (χ3v) is 5.80. The first-order valence-electron chi connectivity index (χ1n) is 9.35. The quantitative estimate of drug-likeness (QED) is 0.738. The lowest BCUT2D eigenvalue weighted by molar-refractivity contribution is -0.134. The van der Waals surface area contributed by atoms with Crippen LogP contribution in [0.1, 0.15) is 45.4 Å². The molecule has 2 heterocycles. The number of hydrogen-bond donors (Lipinski definition) is 1. The van der Waals surface area contributed by atoms with E-state index in [-0.39, 0.29) is 18.6 Å². The van der Waals surface area contributed by atoms with Crippen LogP contribution in [-0.2, 0) is 9.53 Å². The zero-order valence-corrected chi connectivity index (χ0v) is 15.0. The highest BCUT2D eigenvalue weighted by Gasteiger charge is 2.52. The van der Waals surface area contributed by atoms with Crippen LogP contribution in [0.2, 0.25) is 0 Å². The fourth-order valence-corrected chi connectivity index (χ4v) is 4.12. The van der Waals surface area contributed by atoms with Crippen LogP contribution in [0.15, 0.2) is 0 Å². The topological polar surface area (TPSA) is 85.7 Å². The van der Waals surface area contributed by atoms with Crippen LogP contribution >= 0.6 is 0 Å². The van der Waals surface area contributed by atoms with E-state index in [1.165, 1.54) is 4.90 Å². The first-order chi connectivity index (χ1) is 12.0. The number of nitrogens with one attached hydrogen (secondary N) is 1. The zero-order valence-electron chi connectivity index (χ0n) is 15.0. The van der Waals surface area contributed by atoms with Gasteiger partial charge in [0, 0.05) is 26.1 Å². The normalized spacial score (nSPS) is 32.4. The maximum atomic E-state index is 13.0. The summed E-state index contributed by atoms with van der Waals surface area (Å²) in [6, 6.07) is 1.87. The van der Waals surface area contributed by atoms with E-state index >= 15 is 0 Å². The van der Waals surface area contributed by atoms with E-state index in [0.29, 0.717) is 31.4 Å². The summed E-state index contributed by atoms with van der Waals surface area (Å²) in [5.41, 5.74) is -0.693. The third-order valence-electron chi connectivity index (χ3n) is 5.80. The SMILES string of the molecule is CC1CCC2(CC1)NC(=O)N(CN(CCC#N)CC1CCOC1)C2=O. The Labute approximate surface area is 149 Å². The van der Waals surface area contributed by atoms with Gasteiger partial charge in [-0.15, -0.1) is 0 Å². The van der Waals surface area contributed by atoms with E-state index in [4.69, 9.17) is 10.00 Å². The maximum Gasteiger partial charge on any atom is 0.326 e. The van der Waals surface area contributed by atoms with Crippen molar-refractivity contribution in [2.24, 2.45) is 11.8 Å². The van der Waals surface area contributed by atoms with Crippen LogP contribution in [0, 0.1) is 23.2 Å². The Hall–Kier alpha value is -1.65. The van der Waals surface area contributed by atoms with Crippen molar-refractivity contribution in [3.8, 4) is 6.07 Å². The number of hydrogen-bond acceptors (Lipinski definition) is 5. The number of nitriles is 1. The number of ether oxygens (including phenoxy) is 1. The van der Waals surface area contributed by atoms with Gasteiger partial charge >= 0.3 is 6.03 Å². The molecule has 1 saturated carbocycles. The van der Waals surface area contributed by atoms with E-state index < -0.39 is 5.54 Å². The number of carbonyl (C=O) groups is 2. The molecule has 2 saturated heterocycles. The molecule has 1 atom stereocenters. The second-order valence-corrected chi connectivity index (χ2v) is 7.78. The Bertz CT molecular complexity index is 545. The molecular formula is C18H28N4O3. The number of imide groups is 1. The molecule has 138 valence electrons. The van der Waals surface area contributed by atoms with Gasteiger partial charge in [0.1, 0.15) is 5.54 Å². The molecule has 2 aliphatic heterocycles. The van der Waals surface area contributed by atoms with Crippen LogP contribution in [0.5, 0.6) is 0 Å². The van der Waals surface area contributed by atoms with Gasteiger partial charge in [0.2, 0.25) is 0 Å². The molecule has 7 heteroatoms. The highest BCUT2D eigenvalue weighted by molar-refractivity contribution is 6.07. The molecule has 25 heavy (non-hydrogen) atoms. The van der Waals surface area contributed by atoms with Gasteiger partial charge in [-0.2, -0.15) is 5.26 Å². The summed E-state index contributed by atoms with van der Waals surface area (Å²) in [5, 5.41) is 11.9. The molecule has 3 fully saturated rings. The Kier molecular flexibility index (Phi) is 5.60. The second-order valence-electron chi connectivity index (χ2n) is 7.78. The Morgan fingerprint density at radius 2 is 2.12 bits per heavy atom. The number of amides is 3. The molecular weight excluding hydrogens is 320 g/mol. The minimum atomic E-state index is -0.693. The van der Waals surface area contributed by atoms with Crippen molar-refractivity contribution in [3.05, 3.63) is 0 Å². The minimum absolute atomic E-state index is 0.0889. The van der Waals surface area contributed by atoms with Crippen LogP contribution in [0.3, 0.4) is 0 Å². The molecule has 0 aromatic rings. The summed E-state index contributed by atoms with van der Waals surface area (Å²) in [7, 11) is 0. The minimum Gasteiger partial charge on any atom is -0.381 e. The predicted octanol–water partition coefficient (Wildman–Crippen LogP) is 1.70. The Balaban J connectivity index is 1.65. The molecule has 1 N–H and O–H groups in total. The summed E-state index contributed by atoms with van der Waals surface area (Å²) < 4.78 is 5.42. The lowest BCUT2D eigenvalue weighted by Crippen LogP contribution is -2.50. The molecule has 3 rings (SSSR count). The fraction of sp³-hybridized carbons (Fsp3) is 0.833. The summed E-state index contributed by atoms with van der Waals surface area (Å²) in [4.78, 5) is 28.8. The highest BCUT2D eigenvalue weighted by Crippen LogP contribution is 2.36. The number of carbonyl (C=O) groups excluding carboxylic acids is 2. The molecule has 3 amide bonds. The molecule has 0 aromatic carbocycles. The summed E-state index contributed by atoms with van der Waals surface area (Å²) in [5.74, 6) is 0.928. The molecule has 1 unspecified atom stereocenters. The van der Waals surface area contributed by atoms with E-state index in [1.807, 2.05) is 4.90 Å². The first-order valence-corrected chi connectivity index (χ1v) is 9.35. The zero-order chi connectivity index (χ0) is 17.9. The monoisotopic (exact) mass is 348 g/mol. The smallest absolute Gasteiger partial charge is 0.326 e. The number of nitrogens with zero attached hydrogens (tertiary/aromatic N) is 3. The van der Waals surface area contributed by atoms with Crippen LogP contribution in [0.25, 0.3) is 0 Å². The summed E-state index contributed by atoms with van der Waals surface area (Å²) in [6.45, 7) is 5.25. The average molecular weight is 348 g/mol. The molecule has 7 nitrogen and oxygen atoms in total. The average Bonchev–Trinajstić information content (AvgIpc) is 3.18. The first kappa shape index (κ1) is 18.2. The van der Waals surface area contributed by atoms with Gasteiger partial charge in [0.15, 0.2) is 0 Å². The molecule has 0 aromatic heterocycles. The van der Waals surface area contributed by atoms with Crippen LogP contribution < -0.4 is 5.32 Å². The van der Waals surface area contributed by atoms with Crippen molar-refractivity contribution in [3.63, 3.8) is 0 Å². The maximum absolute atomic E-state index is 13.0. The Morgan fingerprint density at radius 3 is 2.76 bits per heavy atom. The molecule has 0 bridgehead atoms. The molecule has 3 aliphatic rings. The third kappa shape index (κ3) is 3.96. The highest BCUT2D eigenvalue weighted by atomic mass is 16.5. The van der Waals surface area contributed by atoms with Crippen molar-refractivity contribution >= 4 is 11.9 Å². The van der Waals surface area contributed by atoms with Crippen molar-refractivity contribution in [2.75, 3.05) is 33.0 Å². The van der Waals surface area contributed by atoms with Crippen LogP contribution in [0.4, 0.5) is 4.79 Å². The fourth-order valence-electron chi connectivity index (χ4n) is 4.12. The van der Waals surface area contributed by atoms with Crippen molar-refractivity contribution < 1.29 is 14.3 Å². The van der Waals surface area contributed by atoms with Crippen molar-refractivity contribution in [1.29, 1.82) is 5.26 Å². The van der Waals surface area contributed by atoms with E-state index in [2.05, 4.69) is 18.3 Å². The van der Waals surface area contributed by atoms with Gasteiger partial charge in [0.05, 0.1) is 19.3 Å². The number of rotatable bonds is 6. The second kappa shape index (κ2) is 7.71. The van der Waals surface area contributed by atoms with E-state index in [9.17, 15) is 9.59 Å². The van der Waals surface area contributed by atoms with Crippen LogP contribution in [-0.4, -0.2) is 60.2 Å². The van der Waals surface area contributed by atoms with Crippen molar-refractivity contribution in [1.82, 2.24) is 15.1 Å². The Morgan fingerprint density at radius 1 is 1.36 bits per heavy atom. The molecule has 1 aliphatic carbocycles. The molecule has 1 spiro atoms. The van der Waals surface area contributed by atoms with Gasteiger partial charge in [-0.05, 0) is 43.9 Å². The largest absolute Gasteiger partial charge is 0.381 e. The van der Waals surface area contributed by atoms with Gasteiger partial charge in [-0.25, -0.2) is 9.69 Å². The van der Waals surface area contributed by atoms with Gasteiger partial charge in [0.25, 0.3) is 5.91 Å². The summed E-state index contributed by atoms with van der Waals surface area (Å²) in [6.07, 6.45) is 4.77. The van der Waals surface area contributed by atoms with E-state index in [0.717, 1.165) is 45.3 Å². The molecule has 0 radical (unpaired) electrons. The van der Waals surface area contributed by atoms with E-state index in [1.54, 1.807) is 0 Å². The van der Waals surface area contributed by atoms with Gasteiger partial charge in [-0.3, -0.25) is 9.69 Å². The number of urea groups is 1.